The van der Waals surface area contributed by atoms with Crippen LogP contribution in [0.15, 0.2) is 255 Å². The van der Waals surface area contributed by atoms with Gasteiger partial charge < -0.3 is 13.7 Å². The Hall–Kier alpha value is -11.2. The molecule has 15 aromatic rings. The molecular weight excluding hydrogens is 965 g/mol. The molecule has 79 heavy (non-hydrogen) atoms. The molecule has 0 fully saturated rings. The molecular formula is C71H42N8. The van der Waals surface area contributed by atoms with Gasteiger partial charge in [0, 0.05) is 71.5 Å². The number of rotatable bonds is 8. The fraction of sp³-hybridized carbons (Fsp3) is 0. The number of nitrogens with zero attached hydrogens (tertiary/aromatic N) is 8. The summed E-state index contributed by atoms with van der Waals surface area (Å²) < 4.78 is 7.02. The van der Waals surface area contributed by atoms with Gasteiger partial charge in [0.05, 0.1) is 62.1 Å². The van der Waals surface area contributed by atoms with Crippen molar-refractivity contribution in [1.29, 1.82) is 10.5 Å². The minimum Gasteiger partial charge on any atom is -0.309 e. The van der Waals surface area contributed by atoms with Gasteiger partial charge in [-0.1, -0.05) is 158 Å². The van der Waals surface area contributed by atoms with E-state index in [0.29, 0.717) is 28.6 Å². The molecule has 0 unspecified atom stereocenters. The van der Waals surface area contributed by atoms with Crippen molar-refractivity contribution in [3.8, 4) is 85.6 Å². The first-order valence-electron chi connectivity index (χ1n) is 26.2. The molecule has 4 aromatic heterocycles. The maximum Gasteiger partial charge on any atom is 0.164 e. The van der Waals surface area contributed by atoms with E-state index in [0.717, 1.165) is 99.9 Å². The van der Waals surface area contributed by atoms with Crippen LogP contribution in [0.3, 0.4) is 0 Å². The summed E-state index contributed by atoms with van der Waals surface area (Å²) in [6, 6.07) is 93.0. The molecule has 11 aromatic carbocycles. The van der Waals surface area contributed by atoms with Gasteiger partial charge in [-0.05, 0) is 108 Å². The van der Waals surface area contributed by atoms with Crippen molar-refractivity contribution in [2.24, 2.45) is 0 Å². The van der Waals surface area contributed by atoms with Crippen molar-refractivity contribution >= 4 is 65.4 Å². The maximum atomic E-state index is 10.3. The minimum absolute atomic E-state index is 0.512. The lowest BCUT2D eigenvalue weighted by Gasteiger charge is -2.22. The lowest BCUT2D eigenvalue weighted by molar-refractivity contribution is 1.07. The van der Waals surface area contributed by atoms with Gasteiger partial charge in [-0.3, -0.25) is 0 Å². The first kappa shape index (κ1) is 45.2. The number of aromatic nitrogens is 6. The summed E-state index contributed by atoms with van der Waals surface area (Å²) in [6.45, 7) is 0. The molecule has 15 rings (SSSR count). The fourth-order valence-electron chi connectivity index (χ4n) is 11.8. The Bertz CT molecular complexity index is 4640. The second-order valence-corrected chi connectivity index (χ2v) is 19.8. The van der Waals surface area contributed by atoms with E-state index in [2.05, 4.69) is 184 Å². The highest BCUT2D eigenvalue weighted by Gasteiger charge is 2.25. The zero-order chi connectivity index (χ0) is 52.6. The zero-order valence-corrected chi connectivity index (χ0v) is 42.3. The fourth-order valence-corrected chi connectivity index (χ4v) is 11.8. The van der Waals surface area contributed by atoms with E-state index in [4.69, 9.17) is 15.0 Å². The highest BCUT2D eigenvalue weighted by molar-refractivity contribution is 6.13. The molecule has 8 heteroatoms. The summed E-state index contributed by atoms with van der Waals surface area (Å²) >= 11 is 0. The van der Waals surface area contributed by atoms with Crippen molar-refractivity contribution in [2.45, 2.75) is 0 Å². The van der Waals surface area contributed by atoms with Gasteiger partial charge in [0.1, 0.15) is 0 Å². The van der Waals surface area contributed by atoms with Crippen molar-refractivity contribution in [1.82, 2.24) is 28.7 Å². The molecule has 0 aliphatic rings. The Kier molecular flexibility index (Phi) is 10.5. The molecule has 0 N–H and O–H groups in total. The van der Waals surface area contributed by atoms with Crippen LogP contribution in [0, 0.1) is 22.7 Å². The van der Waals surface area contributed by atoms with Gasteiger partial charge in [-0.25, -0.2) is 15.0 Å². The molecule has 0 aliphatic heterocycles. The van der Waals surface area contributed by atoms with E-state index in [1.165, 1.54) is 21.5 Å². The van der Waals surface area contributed by atoms with E-state index in [1.54, 1.807) is 0 Å². The van der Waals surface area contributed by atoms with E-state index in [-0.39, 0.29) is 0 Å². The smallest absolute Gasteiger partial charge is 0.164 e. The first-order valence-corrected chi connectivity index (χ1v) is 26.2. The third-order valence-corrected chi connectivity index (χ3v) is 15.3. The number of nitriles is 2. The molecule has 0 saturated heterocycles. The average molecular weight is 1010 g/mol. The van der Waals surface area contributed by atoms with Gasteiger partial charge in [0.2, 0.25) is 0 Å². The summed E-state index contributed by atoms with van der Waals surface area (Å²) in [7, 11) is 0. The minimum atomic E-state index is 0.512. The van der Waals surface area contributed by atoms with Crippen LogP contribution in [0.4, 0.5) is 0 Å². The maximum absolute atomic E-state index is 10.3. The molecule has 366 valence electrons. The molecule has 0 radical (unpaired) electrons. The van der Waals surface area contributed by atoms with Gasteiger partial charge in [0.15, 0.2) is 17.5 Å². The van der Waals surface area contributed by atoms with E-state index in [1.807, 2.05) is 97.1 Å². The zero-order valence-electron chi connectivity index (χ0n) is 42.3. The number of hydrogen-bond acceptors (Lipinski definition) is 5. The monoisotopic (exact) mass is 1010 g/mol. The van der Waals surface area contributed by atoms with Crippen LogP contribution in [0.1, 0.15) is 11.1 Å². The van der Waals surface area contributed by atoms with E-state index < -0.39 is 0 Å². The SMILES string of the molecule is N#Cc1ccc2c(c1)c1cc(C#N)ccc1n2-c1c(-c2cccc(-n3c4ccccc4c4ccccc43)c2)cc(-c2nc(-c3ccccc3)nc(-c3ccccc3)n2)cc1-c1cccc(-n2c3ccccc3c3ccccc32)c1. The molecule has 4 heterocycles. The number of hydrogen-bond donors (Lipinski definition) is 0. The predicted molar refractivity (Wildman–Crippen MR) is 319 cm³/mol. The third-order valence-electron chi connectivity index (χ3n) is 15.3. The number of benzene rings is 11. The van der Waals surface area contributed by atoms with Gasteiger partial charge >= 0.3 is 0 Å². The van der Waals surface area contributed by atoms with Crippen LogP contribution in [-0.2, 0) is 0 Å². The molecule has 8 nitrogen and oxygen atoms in total. The van der Waals surface area contributed by atoms with Crippen LogP contribution >= 0.6 is 0 Å². The molecule has 0 aliphatic carbocycles. The third kappa shape index (κ3) is 7.39. The van der Waals surface area contributed by atoms with Crippen LogP contribution in [-0.4, -0.2) is 28.7 Å². The van der Waals surface area contributed by atoms with Crippen LogP contribution < -0.4 is 0 Å². The summed E-state index contributed by atoms with van der Waals surface area (Å²) in [6.07, 6.45) is 0. The molecule has 0 spiro atoms. The normalized spacial score (nSPS) is 11.5. The number of para-hydroxylation sites is 4. The summed E-state index contributed by atoms with van der Waals surface area (Å²) in [5, 5.41) is 27.1. The van der Waals surface area contributed by atoms with Crippen LogP contribution in [0.25, 0.3) is 139 Å². The van der Waals surface area contributed by atoms with Crippen molar-refractivity contribution in [3.05, 3.63) is 266 Å². The van der Waals surface area contributed by atoms with E-state index in [9.17, 15) is 10.5 Å². The predicted octanol–water partition coefficient (Wildman–Crippen LogP) is 17.2. The second-order valence-electron chi connectivity index (χ2n) is 19.8. The summed E-state index contributed by atoms with van der Waals surface area (Å²) in [4.78, 5) is 15.8. The quantitative estimate of drug-likeness (QED) is 0.151. The lowest BCUT2D eigenvalue weighted by atomic mass is 9.92. The largest absolute Gasteiger partial charge is 0.309 e. The van der Waals surface area contributed by atoms with Gasteiger partial charge in [-0.2, -0.15) is 10.5 Å². The lowest BCUT2D eigenvalue weighted by Crippen LogP contribution is -2.05. The molecule has 0 saturated carbocycles. The van der Waals surface area contributed by atoms with Crippen molar-refractivity contribution in [3.63, 3.8) is 0 Å². The van der Waals surface area contributed by atoms with Gasteiger partial charge in [-0.15, -0.1) is 0 Å². The topological polar surface area (TPSA) is 101 Å². The number of fused-ring (bicyclic) bond motifs is 9. The van der Waals surface area contributed by atoms with Crippen LogP contribution in [0.2, 0.25) is 0 Å². The molecule has 0 atom stereocenters. The molecule has 0 bridgehead atoms. The summed E-state index contributed by atoms with van der Waals surface area (Å²) in [5.74, 6) is 1.63. The Labute approximate surface area is 453 Å². The van der Waals surface area contributed by atoms with E-state index >= 15 is 0 Å². The Morgan fingerprint density at radius 1 is 0.266 bits per heavy atom. The summed E-state index contributed by atoms with van der Waals surface area (Å²) in [5.41, 5.74) is 16.4. The second kappa shape index (κ2) is 18.3. The highest BCUT2D eigenvalue weighted by atomic mass is 15.0. The highest BCUT2D eigenvalue weighted by Crippen LogP contribution is 2.46. The first-order chi connectivity index (χ1) is 39.1. The van der Waals surface area contributed by atoms with Crippen LogP contribution in [0.5, 0.6) is 0 Å². The van der Waals surface area contributed by atoms with Crippen molar-refractivity contribution < 1.29 is 0 Å². The Morgan fingerprint density at radius 2 is 0.608 bits per heavy atom. The standard InChI is InChI=1S/C71H42N8/c72-43-45-33-35-66-60(37-45)61-38-46(44-73)34-36-67(61)79(66)68-58(49-21-15-23-52(39-49)77-62-29-11-7-25-54(62)55-26-8-12-30-63(55)77)41-51(71-75-69(47-17-3-1-4-18-47)74-70(76-71)48-19-5-2-6-20-48)42-59(68)50-22-16-24-53(40-50)78-64-31-13-9-27-56(64)57-28-10-14-32-65(57)78/h1-42H. The molecule has 0 amide bonds. The Morgan fingerprint density at radius 3 is 1.00 bits per heavy atom. The van der Waals surface area contributed by atoms with Gasteiger partial charge in [0.25, 0.3) is 0 Å². The Balaban J connectivity index is 1.09. The average Bonchev–Trinajstić information content (AvgIpc) is 4.36. The van der Waals surface area contributed by atoms with Crippen molar-refractivity contribution in [2.75, 3.05) is 0 Å².